The van der Waals surface area contributed by atoms with Crippen LogP contribution in [0.1, 0.15) is 16.8 Å². The number of carbonyl (C=O) groups is 1. The van der Waals surface area contributed by atoms with Gasteiger partial charge in [0, 0.05) is 23.6 Å². The van der Waals surface area contributed by atoms with E-state index in [1.165, 1.54) is 0 Å². The van der Waals surface area contributed by atoms with E-state index >= 15 is 0 Å². The number of rotatable bonds is 0. The lowest BCUT2D eigenvalue weighted by Crippen LogP contribution is -2.18. The molecule has 2 aliphatic rings. The summed E-state index contributed by atoms with van der Waals surface area (Å²) in [5.74, 6) is 0.514. The fraction of sp³-hybridized carbons (Fsp3) is 0.231. The van der Waals surface area contributed by atoms with Crippen molar-refractivity contribution in [3.05, 3.63) is 42.0 Å². The van der Waals surface area contributed by atoms with Gasteiger partial charge < -0.3 is 0 Å². The van der Waals surface area contributed by atoms with Crippen molar-refractivity contribution in [3.8, 4) is 0 Å². The first-order chi connectivity index (χ1) is 7.36. The maximum atomic E-state index is 12.2. The molecule has 3 rings (SSSR count). The Balaban J connectivity index is 2.14. The topological polar surface area (TPSA) is 29.4 Å². The lowest BCUT2D eigenvalue weighted by Gasteiger charge is -2.11. The Labute approximate surface area is 88.3 Å². The largest absolute Gasteiger partial charge is 0.294 e. The Morgan fingerprint density at radius 3 is 3.07 bits per heavy atom. The van der Waals surface area contributed by atoms with Crippen molar-refractivity contribution in [1.82, 2.24) is 0 Å². The summed E-state index contributed by atoms with van der Waals surface area (Å²) in [5, 5.41) is 0. The van der Waals surface area contributed by atoms with Crippen molar-refractivity contribution in [3.63, 3.8) is 0 Å². The van der Waals surface area contributed by atoms with Gasteiger partial charge in [0.15, 0.2) is 5.78 Å². The van der Waals surface area contributed by atoms with Crippen LogP contribution in [0.3, 0.4) is 0 Å². The molecule has 2 heteroatoms. The van der Waals surface area contributed by atoms with E-state index in [-0.39, 0.29) is 17.6 Å². The van der Waals surface area contributed by atoms with Crippen LogP contribution in [0.2, 0.25) is 0 Å². The molecular weight excluding hydrogens is 186 g/mol. The highest BCUT2D eigenvalue weighted by molar-refractivity contribution is 6.05. The second-order valence-corrected chi connectivity index (χ2v) is 4.01. The molecule has 1 heterocycles. The molecule has 0 fully saturated rings. The van der Waals surface area contributed by atoms with Gasteiger partial charge in [0.1, 0.15) is 0 Å². The second kappa shape index (κ2) is 3.16. The Morgan fingerprint density at radius 1 is 1.27 bits per heavy atom. The van der Waals surface area contributed by atoms with E-state index in [0.717, 1.165) is 17.7 Å². The molecule has 2 nitrogen and oxygen atoms in total. The van der Waals surface area contributed by atoms with Crippen LogP contribution in [0.4, 0.5) is 5.69 Å². The lowest BCUT2D eigenvalue weighted by molar-refractivity contribution is 0.0917. The predicted octanol–water partition coefficient (Wildman–Crippen LogP) is 2.78. The summed E-state index contributed by atoms with van der Waals surface area (Å²) in [6.45, 7) is 0. The van der Waals surface area contributed by atoms with E-state index in [2.05, 4.69) is 17.1 Å². The molecule has 0 saturated heterocycles. The number of hydrogen-bond donors (Lipinski definition) is 0. The zero-order valence-electron chi connectivity index (χ0n) is 8.26. The summed E-state index contributed by atoms with van der Waals surface area (Å²) in [4.78, 5) is 16.6. The van der Waals surface area contributed by atoms with E-state index in [9.17, 15) is 4.79 Å². The monoisotopic (exact) mass is 197 g/mol. The van der Waals surface area contributed by atoms with E-state index in [0.29, 0.717) is 0 Å². The molecule has 1 aliphatic carbocycles. The van der Waals surface area contributed by atoms with Crippen LogP contribution in [0.25, 0.3) is 0 Å². The maximum Gasteiger partial charge on any atom is 0.169 e. The molecular formula is C13H11NO. The standard InChI is InChI=1S/C13H11NO/c15-13-10-6-3-4-9(10)8-14-12-7-2-1-5-11(12)13/h1-5,7-10H,6H2/t9-,10?/m0/s1. The minimum absolute atomic E-state index is 0.0809. The van der Waals surface area contributed by atoms with Gasteiger partial charge >= 0.3 is 0 Å². The normalized spacial score (nSPS) is 27.3. The summed E-state index contributed by atoms with van der Waals surface area (Å²) in [6.07, 6.45) is 6.91. The van der Waals surface area contributed by atoms with Gasteiger partial charge in [0.25, 0.3) is 0 Å². The third-order valence-electron chi connectivity index (χ3n) is 3.10. The van der Waals surface area contributed by atoms with Gasteiger partial charge in [-0.1, -0.05) is 24.3 Å². The molecule has 0 saturated carbocycles. The van der Waals surface area contributed by atoms with Crippen LogP contribution >= 0.6 is 0 Å². The lowest BCUT2D eigenvalue weighted by atomic mass is 9.89. The third-order valence-corrected chi connectivity index (χ3v) is 3.10. The highest BCUT2D eigenvalue weighted by Gasteiger charge is 2.31. The van der Waals surface area contributed by atoms with Gasteiger partial charge in [-0.05, 0) is 18.6 Å². The molecule has 0 aromatic heterocycles. The molecule has 0 bridgehead atoms. The molecule has 2 atom stereocenters. The van der Waals surface area contributed by atoms with Crippen molar-refractivity contribution in [1.29, 1.82) is 0 Å². The molecule has 15 heavy (non-hydrogen) atoms. The van der Waals surface area contributed by atoms with E-state index in [1.807, 2.05) is 30.5 Å². The molecule has 1 aromatic carbocycles. The van der Waals surface area contributed by atoms with Crippen LogP contribution in [0, 0.1) is 11.8 Å². The molecule has 0 N–H and O–H groups in total. The van der Waals surface area contributed by atoms with Crippen molar-refractivity contribution < 1.29 is 4.79 Å². The van der Waals surface area contributed by atoms with Crippen molar-refractivity contribution in [2.24, 2.45) is 16.8 Å². The Bertz CT molecular complexity index is 473. The number of ketones is 1. The molecule has 0 spiro atoms. The van der Waals surface area contributed by atoms with Crippen LogP contribution in [-0.4, -0.2) is 12.0 Å². The molecule has 0 amide bonds. The minimum atomic E-state index is 0.0809. The molecule has 1 aromatic rings. The van der Waals surface area contributed by atoms with Gasteiger partial charge in [0.2, 0.25) is 0 Å². The van der Waals surface area contributed by atoms with Gasteiger partial charge in [0.05, 0.1) is 5.69 Å². The summed E-state index contributed by atoms with van der Waals surface area (Å²) in [7, 11) is 0. The summed E-state index contributed by atoms with van der Waals surface area (Å²) in [5.41, 5.74) is 1.58. The van der Waals surface area contributed by atoms with Crippen LogP contribution in [0.5, 0.6) is 0 Å². The molecule has 74 valence electrons. The summed E-state index contributed by atoms with van der Waals surface area (Å²) >= 11 is 0. The van der Waals surface area contributed by atoms with Gasteiger partial charge in [-0.15, -0.1) is 0 Å². The number of benzene rings is 1. The number of hydrogen-bond acceptors (Lipinski definition) is 2. The van der Waals surface area contributed by atoms with Crippen LogP contribution < -0.4 is 0 Å². The smallest absolute Gasteiger partial charge is 0.169 e. The Morgan fingerprint density at radius 2 is 2.13 bits per heavy atom. The number of allylic oxidation sites excluding steroid dienone is 2. The number of carbonyl (C=O) groups excluding carboxylic acids is 1. The zero-order valence-corrected chi connectivity index (χ0v) is 8.26. The fourth-order valence-electron chi connectivity index (χ4n) is 2.27. The average Bonchev–Trinajstić information content (AvgIpc) is 2.69. The zero-order chi connectivity index (χ0) is 10.3. The van der Waals surface area contributed by atoms with Gasteiger partial charge in [-0.3, -0.25) is 9.79 Å². The Kier molecular flexibility index (Phi) is 1.81. The van der Waals surface area contributed by atoms with E-state index in [4.69, 9.17) is 0 Å². The third kappa shape index (κ3) is 1.25. The number of para-hydroxylation sites is 1. The molecule has 0 radical (unpaired) electrons. The number of Topliss-reactive ketones (excluding diaryl/α,β-unsaturated/α-hetero) is 1. The Hall–Kier alpha value is -1.70. The number of aliphatic imine (C=N–C) groups is 1. The van der Waals surface area contributed by atoms with Crippen molar-refractivity contribution >= 4 is 17.7 Å². The van der Waals surface area contributed by atoms with Crippen molar-refractivity contribution in [2.75, 3.05) is 0 Å². The van der Waals surface area contributed by atoms with Crippen molar-refractivity contribution in [2.45, 2.75) is 6.42 Å². The summed E-state index contributed by atoms with van der Waals surface area (Å²) in [6, 6.07) is 7.58. The quantitative estimate of drug-likeness (QED) is 0.588. The molecule has 1 aliphatic heterocycles. The van der Waals surface area contributed by atoms with E-state index in [1.54, 1.807) is 0 Å². The minimum Gasteiger partial charge on any atom is -0.294 e. The van der Waals surface area contributed by atoms with Crippen LogP contribution in [0.15, 0.2) is 41.4 Å². The maximum absolute atomic E-state index is 12.2. The van der Waals surface area contributed by atoms with Gasteiger partial charge in [-0.2, -0.15) is 0 Å². The SMILES string of the molecule is O=C1c2ccccc2N=C[C@@H]2C=CCC12. The van der Waals surface area contributed by atoms with Gasteiger partial charge in [-0.25, -0.2) is 0 Å². The first kappa shape index (κ1) is 8.60. The van der Waals surface area contributed by atoms with Crippen LogP contribution in [-0.2, 0) is 0 Å². The fourth-order valence-corrected chi connectivity index (χ4v) is 2.27. The second-order valence-electron chi connectivity index (χ2n) is 4.01. The van der Waals surface area contributed by atoms with E-state index < -0.39 is 0 Å². The highest BCUT2D eigenvalue weighted by Crippen LogP contribution is 2.33. The molecule has 1 unspecified atom stereocenters. The number of nitrogens with zero attached hydrogens (tertiary/aromatic N) is 1. The first-order valence-electron chi connectivity index (χ1n) is 5.20. The first-order valence-corrected chi connectivity index (χ1v) is 5.20. The predicted molar refractivity (Wildman–Crippen MR) is 59.7 cm³/mol. The summed E-state index contributed by atoms with van der Waals surface area (Å²) < 4.78 is 0. The number of fused-ring (bicyclic) bond motifs is 2. The average molecular weight is 197 g/mol. The highest BCUT2D eigenvalue weighted by atomic mass is 16.1.